The molecule has 1 rings (SSSR count). The lowest BCUT2D eigenvalue weighted by Crippen LogP contribution is -2.37. The average Bonchev–Trinajstić information content (AvgIpc) is 2.08. The number of thiocarbonyl (C=S) groups is 1. The van der Waals surface area contributed by atoms with Crippen LogP contribution >= 0.6 is 47.0 Å². The molecule has 1 aliphatic rings. The zero-order chi connectivity index (χ0) is 8.65. The van der Waals surface area contributed by atoms with Gasteiger partial charge in [0.05, 0.1) is 0 Å². The van der Waals surface area contributed by atoms with Gasteiger partial charge in [-0.25, -0.2) is 0 Å². The Morgan fingerprint density at radius 2 is 2.09 bits per heavy atom. The fraction of sp³-hybridized carbons (Fsp3) is 0.500. The van der Waals surface area contributed by atoms with Gasteiger partial charge in [0.15, 0.2) is 5.11 Å². The van der Waals surface area contributed by atoms with Crippen LogP contribution in [0.3, 0.4) is 0 Å². The Hall–Kier alpha value is 0.230. The number of nitrogens with zero attached hydrogens (tertiary/aromatic N) is 1. The summed E-state index contributed by atoms with van der Waals surface area (Å²) < 4.78 is -1.64. The topological polar surface area (TPSA) is 32.3 Å². The molecular formula is C4H3Cl3N2OS. The van der Waals surface area contributed by atoms with Crippen molar-refractivity contribution in [2.75, 3.05) is 6.54 Å². The molecule has 0 aromatic heterocycles. The Bertz CT molecular complexity index is 214. The third-order valence-corrected chi connectivity index (χ3v) is 2.03. The van der Waals surface area contributed by atoms with E-state index in [1.54, 1.807) is 0 Å². The van der Waals surface area contributed by atoms with E-state index in [9.17, 15) is 4.79 Å². The fourth-order valence-corrected chi connectivity index (χ4v) is 1.54. The molecule has 1 saturated heterocycles. The van der Waals surface area contributed by atoms with Crippen LogP contribution in [0.4, 0.5) is 0 Å². The minimum Gasteiger partial charge on any atom is -0.301 e. The molecule has 0 bridgehead atoms. The van der Waals surface area contributed by atoms with Crippen molar-refractivity contribution in [2.24, 2.45) is 0 Å². The van der Waals surface area contributed by atoms with Gasteiger partial charge < -0.3 is 5.32 Å². The third-order valence-electron chi connectivity index (χ3n) is 1.10. The SMILES string of the molecule is O=C1CN(C(Cl)(Cl)Cl)C(=S)N1. The molecular weight excluding hydrogens is 230 g/mol. The summed E-state index contributed by atoms with van der Waals surface area (Å²) in [6, 6.07) is 0. The summed E-state index contributed by atoms with van der Waals surface area (Å²) in [4.78, 5) is 11.9. The summed E-state index contributed by atoms with van der Waals surface area (Å²) in [5.74, 6) is -0.263. The van der Waals surface area contributed by atoms with Gasteiger partial charge in [0, 0.05) is 0 Å². The number of rotatable bonds is 0. The van der Waals surface area contributed by atoms with Gasteiger partial charge in [-0.1, -0.05) is 34.8 Å². The summed E-state index contributed by atoms with van der Waals surface area (Å²) >= 11 is 21.1. The van der Waals surface area contributed by atoms with Crippen LogP contribution in [0.1, 0.15) is 0 Å². The van der Waals surface area contributed by atoms with Crippen molar-refractivity contribution in [3.05, 3.63) is 0 Å². The maximum absolute atomic E-state index is 10.7. The maximum atomic E-state index is 10.7. The molecule has 1 amide bonds. The summed E-state index contributed by atoms with van der Waals surface area (Å²) in [5.41, 5.74) is 0. The molecule has 11 heavy (non-hydrogen) atoms. The van der Waals surface area contributed by atoms with Gasteiger partial charge in [-0.15, -0.1) is 0 Å². The van der Waals surface area contributed by atoms with Crippen molar-refractivity contribution in [3.63, 3.8) is 0 Å². The molecule has 0 aromatic carbocycles. The number of carbonyl (C=O) groups is 1. The first kappa shape index (κ1) is 9.32. The highest BCUT2D eigenvalue weighted by Crippen LogP contribution is 2.31. The first-order valence-electron chi connectivity index (χ1n) is 2.59. The number of carbonyl (C=O) groups excluding carboxylic acids is 1. The summed E-state index contributed by atoms with van der Waals surface area (Å²) in [5, 5.41) is 2.49. The minimum absolute atomic E-state index is 0.00463. The van der Waals surface area contributed by atoms with E-state index in [1.807, 2.05) is 0 Å². The monoisotopic (exact) mass is 232 g/mol. The normalized spacial score (nSPS) is 19.0. The Balaban J connectivity index is 2.76. The van der Waals surface area contributed by atoms with Crippen LogP contribution < -0.4 is 5.32 Å². The highest BCUT2D eigenvalue weighted by Gasteiger charge is 2.37. The molecule has 1 aliphatic heterocycles. The molecule has 0 spiro atoms. The van der Waals surface area contributed by atoms with Gasteiger partial charge in [0.2, 0.25) is 5.91 Å². The first-order chi connectivity index (χ1) is 4.91. The van der Waals surface area contributed by atoms with Crippen molar-refractivity contribution in [1.82, 2.24) is 10.2 Å². The lowest BCUT2D eigenvalue weighted by atomic mass is 10.6. The summed E-state index contributed by atoms with van der Waals surface area (Å²) in [7, 11) is 0. The van der Waals surface area contributed by atoms with Crippen LogP contribution in [0.2, 0.25) is 0 Å². The van der Waals surface area contributed by atoms with Crippen LogP contribution in [0.25, 0.3) is 0 Å². The molecule has 7 heteroatoms. The predicted molar refractivity (Wildman–Crippen MR) is 47.7 cm³/mol. The second-order valence-electron chi connectivity index (χ2n) is 1.91. The highest BCUT2D eigenvalue weighted by molar-refractivity contribution is 7.80. The Morgan fingerprint density at radius 1 is 1.55 bits per heavy atom. The van der Waals surface area contributed by atoms with Crippen molar-refractivity contribution in [3.8, 4) is 0 Å². The number of hydrogen-bond donors (Lipinski definition) is 1. The van der Waals surface area contributed by atoms with Crippen LogP contribution in [0, 0.1) is 0 Å². The van der Waals surface area contributed by atoms with E-state index in [1.165, 1.54) is 4.90 Å². The molecule has 3 nitrogen and oxygen atoms in total. The van der Waals surface area contributed by atoms with Crippen molar-refractivity contribution < 1.29 is 4.79 Å². The van der Waals surface area contributed by atoms with E-state index in [0.29, 0.717) is 0 Å². The molecule has 62 valence electrons. The van der Waals surface area contributed by atoms with E-state index >= 15 is 0 Å². The average molecular weight is 234 g/mol. The Kier molecular flexibility index (Phi) is 2.49. The second-order valence-corrected chi connectivity index (χ2v) is 4.52. The molecule has 1 heterocycles. The molecule has 0 unspecified atom stereocenters. The lowest BCUT2D eigenvalue weighted by Gasteiger charge is -2.23. The second kappa shape index (κ2) is 2.94. The standard InChI is InChI=1S/C4H3Cl3N2OS/c5-4(6,7)9-1-2(10)8-3(9)11/h1H2,(H,8,10,11). The van der Waals surface area contributed by atoms with E-state index < -0.39 is 3.92 Å². The van der Waals surface area contributed by atoms with Crippen LogP contribution in [0.15, 0.2) is 0 Å². The fourth-order valence-electron chi connectivity index (χ4n) is 0.646. The van der Waals surface area contributed by atoms with Gasteiger partial charge in [0.25, 0.3) is 3.92 Å². The summed E-state index contributed by atoms with van der Waals surface area (Å²) in [6.45, 7) is -0.00463. The van der Waals surface area contributed by atoms with Crippen LogP contribution in [-0.4, -0.2) is 26.4 Å². The van der Waals surface area contributed by atoms with Gasteiger partial charge in [-0.05, 0) is 12.2 Å². The summed E-state index contributed by atoms with van der Waals surface area (Å²) in [6.07, 6.45) is 0. The van der Waals surface area contributed by atoms with Crippen LogP contribution in [0.5, 0.6) is 0 Å². The number of alkyl halides is 3. The molecule has 0 atom stereocenters. The third kappa shape index (κ3) is 2.08. The van der Waals surface area contributed by atoms with E-state index in [-0.39, 0.29) is 17.6 Å². The maximum Gasteiger partial charge on any atom is 0.270 e. The van der Waals surface area contributed by atoms with E-state index in [2.05, 4.69) is 5.32 Å². The number of amides is 1. The zero-order valence-electron chi connectivity index (χ0n) is 5.10. The predicted octanol–water partition coefficient (Wildman–Crippen LogP) is 1.03. The number of halogens is 3. The first-order valence-corrected chi connectivity index (χ1v) is 4.13. The van der Waals surface area contributed by atoms with Gasteiger partial charge in [-0.2, -0.15) is 0 Å². The van der Waals surface area contributed by atoms with Crippen molar-refractivity contribution >= 4 is 58.0 Å². The van der Waals surface area contributed by atoms with Gasteiger partial charge in [0.1, 0.15) is 6.54 Å². The number of hydrogen-bond acceptors (Lipinski definition) is 2. The molecule has 1 N–H and O–H groups in total. The smallest absolute Gasteiger partial charge is 0.270 e. The Morgan fingerprint density at radius 3 is 2.27 bits per heavy atom. The van der Waals surface area contributed by atoms with E-state index in [0.717, 1.165) is 0 Å². The zero-order valence-corrected chi connectivity index (χ0v) is 8.19. The van der Waals surface area contributed by atoms with E-state index in [4.69, 9.17) is 47.0 Å². The molecule has 0 saturated carbocycles. The quantitative estimate of drug-likeness (QED) is 0.385. The van der Waals surface area contributed by atoms with Crippen molar-refractivity contribution in [1.29, 1.82) is 0 Å². The molecule has 0 aliphatic carbocycles. The van der Waals surface area contributed by atoms with Gasteiger partial charge in [-0.3, -0.25) is 9.69 Å². The largest absolute Gasteiger partial charge is 0.301 e. The molecule has 1 fully saturated rings. The minimum atomic E-state index is -1.64. The van der Waals surface area contributed by atoms with Gasteiger partial charge >= 0.3 is 0 Å². The Labute approximate surface area is 83.6 Å². The van der Waals surface area contributed by atoms with Crippen molar-refractivity contribution in [2.45, 2.75) is 3.92 Å². The number of nitrogens with one attached hydrogen (secondary N) is 1. The molecule has 0 aromatic rings. The highest BCUT2D eigenvalue weighted by atomic mass is 35.6. The molecule has 0 radical (unpaired) electrons. The lowest BCUT2D eigenvalue weighted by molar-refractivity contribution is -0.118. The van der Waals surface area contributed by atoms with Crippen LogP contribution in [-0.2, 0) is 4.79 Å².